The molecule has 3 aromatic rings. The van der Waals surface area contributed by atoms with Crippen molar-refractivity contribution < 1.29 is 9.59 Å². The Hall–Kier alpha value is -3.40. The first-order valence-corrected chi connectivity index (χ1v) is 14.2. The summed E-state index contributed by atoms with van der Waals surface area (Å²) in [5.74, 6) is -0.128. The third-order valence-corrected chi connectivity index (χ3v) is 8.43. The summed E-state index contributed by atoms with van der Waals surface area (Å²) in [6.07, 6.45) is 5.81. The number of carbonyl (C=O) groups excluding carboxylic acids is 2. The molecule has 2 N–H and O–H groups in total. The Kier molecular flexibility index (Phi) is 8.07. The molecule has 1 aliphatic rings. The molecule has 3 aromatic carbocycles. The third-order valence-electron chi connectivity index (χ3n) is 8.43. The summed E-state index contributed by atoms with van der Waals surface area (Å²) < 4.78 is 0. The van der Waals surface area contributed by atoms with Gasteiger partial charge < -0.3 is 10.6 Å². The van der Waals surface area contributed by atoms with Crippen molar-refractivity contribution in [3.8, 4) is 0 Å². The summed E-state index contributed by atoms with van der Waals surface area (Å²) in [5.41, 5.74) is 10.6. The average Bonchev–Trinajstić information content (AvgIpc) is 2.87. The van der Waals surface area contributed by atoms with Gasteiger partial charge in [-0.15, -0.1) is 0 Å². The Morgan fingerprint density at radius 1 is 0.692 bits per heavy atom. The minimum atomic E-state index is -0.0819. The molecule has 0 bridgehead atoms. The van der Waals surface area contributed by atoms with E-state index in [-0.39, 0.29) is 22.6 Å². The minimum absolute atomic E-state index is 0.0460. The predicted molar refractivity (Wildman–Crippen MR) is 163 cm³/mol. The molecule has 0 aliphatic heterocycles. The van der Waals surface area contributed by atoms with Gasteiger partial charge in [0.25, 0.3) is 5.91 Å². The van der Waals surface area contributed by atoms with Gasteiger partial charge in [0, 0.05) is 29.3 Å². The molecule has 4 nitrogen and oxygen atoms in total. The van der Waals surface area contributed by atoms with Crippen LogP contribution in [0.15, 0.2) is 48.5 Å². The normalized spacial score (nSPS) is 15.1. The molecule has 1 fully saturated rings. The van der Waals surface area contributed by atoms with Crippen LogP contribution in [0.3, 0.4) is 0 Å². The predicted octanol–water partition coefficient (Wildman–Crippen LogP) is 8.68. The first-order chi connectivity index (χ1) is 18.3. The lowest BCUT2D eigenvalue weighted by atomic mass is 9.64. The van der Waals surface area contributed by atoms with Crippen LogP contribution in [0, 0.1) is 27.7 Å². The van der Waals surface area contributed by atoms with Gasteiger partial charge in [-0.1, -0.05) is 76.4 Å². The molecule has 0 spiro atoms. The van der Waals surface area contributed by atoms with E-state index in [1.165, 1.54) is 36.0 Å². The summed E-state index contributed by atoms with van der Waals surface area (Å²) in [6, 6.07) is 17.0. The van der Waals surface area contributed by atoms with Crippen molar-refractivity contribution in [3.05, 3.63) is 93.0 Å². The van der Waals surface area contributed by atoms with E-state index in [1.54, 1.807) is 6.92 Å². The van der Waals surface area contributed by atoms with E-state index in [0.717, 1.165) is 46.5 Å². The average molecular weight is 525 g/mol. The number of nitrogens with one attached hydrogen (secondary N) is 2. The molecule has 0 heterocycles. The van der Waals surface area contributed by atoms with Gasteiger partial charge in [0.15, 0.2) is 0 Å². The van der Waals surface area contributed by atoms with Crippen LogP contribution in [0.25, 0.3) is 0 Å². The van der Waals surface area contributed by atoms with Gasteiger partial charge in [-0.3, -0.25) is 9.59 Å². The van der Waals surface area contributed by atoms with Crippen LogP contribution in [0.2, 0.25) is 0 Å². The SMILES string of the molecule is CC(=O)Nc1c(C)cc(C2(c3cc(C)c(NC(=O)c4ccc(C(C)(C)C)cc4)c(C)c3)CCCCC2)cc1C. The molecule has 206 valence electrons. The first kappa shape index (κ1) is 28.6. The molecular weight excluding hydrogens is 480 g/mol. The number of anilines is 2. The van der Waals surface area contributed by atoms with Crippen LogP contribution < -0.4 is 10.6 Å². The summed E-state index contributed by atoms with van der Waals surface area (Å²) in [7, 11) is 0. The second-order valence-corrected chi connectivity index (χ2v) is 12.6. The molecule has 0 saturated heterocycles. The molecule has 4 heteroatoms. The lowest BCUT2D eigenvalue weighted by Gasteiger charge is -2.40. The third kappa shape index (κ3) is 5.95. The number of hydrogen-bond acceptors (Lipinski definition) is 2. The van der Waals surface area contributed by atoms with E-state index in [0.29, 0.717) is 5.56 Å². The number of amides is 2. The van der Waals surface area contributed by atoms with Crippen molar-refractivity contribution >= 4 is 23.2 Å². The monoisotopic (exact) mass is 524 g/mol. The fourth-order valence-corrected chi connectivity index (χ4v) is 6.26. The largest absolute Gasteiger partial charge is 0.326 e. The Balaban J connectivity index is 1.69. The fraction of sp³-hybridized carbons (Fsp3) is 0.429. The maximum Gasteiger partial charge on any atom is 0.255 e. The highest BCUT2D eigenvalue weighted by atomic mass is 16.2. The molecule has 0 radical (unpaired) electrons. The van der Waals surface area contributed by atoms with Crippen molar-refractivity contribution in [1.29, 1.82) is 0 Å². The van der Waals surface area contributed by atoms with Gasteiger partial charge in [-0.05, 0) is 97.0 Å². The highest BCUT2D eigenvalue weighted by Gasteiger charge is 2.37. The van der Waals surface area contributed by atoms with Crippen LogP contribution in [-0.2, 0) is 15.6 Å². The summed E-state index contributed by atoms with van der Waals surface area (Å²) in [4.78, 5) is 25.0. The molecule has 0 aromatic heterocycles. The maximum atomic E-state index is 13.2. The molecule has 0 atom stereocenters. The van der Waals surface area contributed by atoms with Crippen molar-refractivity contribution in [2.24, 2.45) is 0 Å². The van der Waals surface area contributed by atoms with Crippen LogP contribution in [0.4, 0.5) is 11.4 Å². The Labute approximate surface area is 234 Å². The summed E-state index contributed by atoms with van der Waals surface area (Å²) in [6.45, 7) is 16.5. The Morgan fingerprint density at radius 3 is 1.54 bits per heavy atom. The van der Waals surface area contributed by atoms with Crippen molar-refractivity contribution in [2.75, 3.05) is 10.6 Å². The molecule has 4 rings (SSSR count). The Morgan fingerprint density at radius 2 is 1.13 bits per heavy atom. The zero-order valence-electron chi connectivity index (χ0n) is 25.0. The zero-order chi connectivity index (χ0) is 28.5. The summed E-state index contributed by atoms with van der Waals surface area (Å²) >= 11 is 0. The van der Waals surface area contributed by atoms with E-state index in [2.05, 4.69) is 83.4 Å². The minimum Gasteiger partial charge on any atom is -0.326 e. The van der Waals surface area contributed by atoms with Crippen molar-refractivity contribution in [1.82, 2.24) is 0 Å². The maximum absolute atomic E-state index is 13.2. The molecule has 2 amide bonds. The van der Waals surface area contributed by atoms with E-state index in [9.17, 15) is 9.59 Å². The highest BCUT2D eigenvalue weighted by molar-refractivity contribution is 6.05. The Bertz CT molecular complexity index is 1340. The van der Waals surface area contributed by atoms with E-state index in [1.807, 2.05) is 24.3 Å². The van der Waals surface area contributed by atoms with Crippen LogP contribution in [-0.4, -0.2) is 11.8 Å². The number of rotatable bonds is 5. The number of carbonyl (C=O) groups is 2. The first-order valence-electron chi connectivity index (χ1n) is 14.2. The van der Waals surface area contributed by atoms with Gasteiger partial charge in [0.2, 0.25) is 5.91 Å². The van der Waals surface area contributed by atoms with Crippen LogP contribution >= 0.6 is 0 Å². The molecular formula is C35H44N2O2. The fourth-order valence-electron chi connectivity index (χ4n) is 6.26. The number of hydrogen-bond donors (Lipinski definition) is 2. The summed E-state index contributed by atoms with van der Waals surface area (Å²) in [5, 5.41) is 6.21. The second kappa shape index (κ2) is 11.0. The molecule has 1 saturated carbocycles. The van der Waals surface area contributed by atoms with Gasteiger partial charge in [0.05, 0.1) is 0 Å². The van der Waals surface area contributed by atoms with Gasteiger partial charge >= 0.3 is 0 Å². The standard InChI is InChI=1S/C35H44N2O2/c1-22-18-29(19-23(2)31(22)36-26(5)38)35(16-10-9-11-17-35)30-20-24(3)32(25(4)21-30)37-33(39)27-12-14-28(15-13-27)34(6,7)8/h12-15,18-21H,9-11,16-17H2,1-8H3,(H,36,38)(H,37,39). The lowest BCUT2D eigenvalue weighted by molar-refractivity contribution is -0.114. The second-order valence-electron chi connectivity index (χ2n) is 12.6. The molecule has 0 unspecified atom stereocenters. The highest BCUT2D eigenvalue weighted by Crippen LogP contribution is 2.47. The van der Waals surface area contributed by atoms with Gasteiger partial charge in [-0.25, -0.2) is 0 Å². The van der Waals surface area contributed by atoms with E-state index < -0.39 is 0 Å². The van der Waals surface area contributed by atoms with Crippen molar-refractivity contribution in [2.45, 2.75) is 98.3 Å². The van der Waals surface area contributed by atoms with Crippen LogP contribution in [0.5, 0.6) is 0 Å². The molecule has 39 heavy (non-hydrogen) atoms. The number of benzene rings is 3. The smallest absolute Gasteiger partial charge is 0.255 e. The zero-order valence-corrected chi connectivity index (χ0v) is 25.0. The molecule has 1 aliphatic carbocycles. The lowest BCUT2D eigenvalue weighted by Crippen LogP contribution is -2.31. The quantitative estimate of drug-likeness (QED) is 0.351. The van der Waals surface area contributed by atoms with E-state index >= 15 is 0 Å². The van der Waals surface area contributed by atoms with Crippen molar-refractivity contribution in [3.63, 3.8) is 0 Å². The van der Waals surface area contributed by atoms with Gasteiger partial charge in [-0.2, -0.15) is 0 Å². The number of aryl methyl sites for hydroxylation is 4. The topological polar surface area (TPSA) is 58.2 Å². The van der Waals surface area contributed by atoms with Gasteiger partial charge in [0.1, 0.15) is 0 Å². The van der Waals surface area contributed by atoms with E-state index in [4.69, 9.17) is 0 Å². The van der Waals surface area contributed by atoms with Crippen LogP contribution in [0.1, 0.15) is 109 Å².